The molecule has 6 nitrogen and oxygen atoms in total. The van der Waals surface area contributed by atoms with Crippen molar-refractivity contribution in [1.82, 2.24) is 9.66 Å². The number of aromatic nitrogens is 2. The number of nitrogens with one attached hydrogen (secondary N) is 2. The van der Waals surface area contributed by atoms with Crippen molar-refractivity contribution in [3.05, 3.63) is 53.3 Å². The van der Waals surface area contributed by atoms with Crippen LogP contribution in [0.15, 0.2) is 41.5 Å². The maximum Gasteiger partial charge on any atom is 0.245 e. The molecule has 19 heavy (non-hydrogen) atoms. The molecule has 0 spiro atoms. The molecule has 2 heterocycles. The summed E-state index contributed by atoms with van der Waals surface area (Å²) in [6.07, 6.45) is 1.42. The first kappa shape index (κ1) is 11.3. The van der Waals surface area contributed by atoms with Crippen LogP contribution in [0, 0.1) is 11.3 Å². The van der Waals surface area contributed by atoms with Gasteiger partial charge in [-0.2, -0.15) is 5.26 Å². The molecule has 2 aromatic rings. The minimum atomic E-state index is -0.0991. The van der Waals surface area contributed by atoms with Gasteiger partial charge in [-0.25, -0.2) is 9.66 Å². The SMILES string of the molecule is CN=c1ncc(C#N)c2n1NC(c1ccccc1)N2. The van der Waals surface area contributed by atoms with Gasteiger partial charge in [-0.05, 0) is 5.56 Å². The number of fused-ring (bicyclic) bond motifs is 1. The zero-order chi connectivity index (χ0) is 13.2. The van der Waals surface area contributed by atoms with Crippen LogP contribution in [0.25, 0.3) is 0 Å². The van der Waals surface area contributed by atoms with Gasteiger partial charge < -0.3 is 5.32 Å². The topological polar surface area (TPSA) is 78.0 Å². The van der Waals surface area contributed by atoms with Gasteiger partial charge in [-0.15, -0.1) is 0 Å². The van der Waals surface area contributed by atoms with Crippen molar-refractivity contribution in [3.8, 4) is 6.07 Å². The minimum absolute atomic E-state index is 0.0991. The molecule has 1 atom stereocenters. The van der Waals surface area contributed by atoms with Gasteiger partial charge in [0.05, 0.1) is 6.20 Å². The lowest BCUT2D eigenvalue weighted by Crippen LogP contribution is -2.29. The molecule has 0 bridgehead atoms. The number of hydrogen-bond donors (Lipinski definition) is 2. The molecule has 1 unspecified atom stereocenters. The molecular formula is C13H12N6. The molecule has 0 radical (unpaired) electrons. The van der Waals surface area contributed by atoms with E-state index in [9.17, 15) is 0 Å². The summed E-state index contributed by atoms with van der Waals surface area (Å²) >= 11 is 0. The monoisotopic (exact) mass is 252 g/mol. The second-order valence-corrected chi connectivity index (χ2v) is 4.11. The number of hydrogen-bond acceptors (Lipinski definition) is 5. The van der Waals surface area contributed by atoms with Gasteiger partial charge in [0.25, 0.3) is 0 Å². The molecule has 0 saturated heterocycles. The van der Waals surface area contributed by atoms with Gasteiger partial charge in [0.1, 0.15) is 23.6 Å². The van der Waals surface area contributed by atoms with Crippen molar-refractivity contribution in [2.45, 2.75) is 6.17 Å². The van der Waals surface area contributed by atoms with Crippen LogP contribution in [0.4, 0.5) is 5.82 Å². The predicted molar refractivity (Wildman–Crippen MR) is 70.6 cm³/mol. The summed E-state index contributed by atoms with van der Waals surface area (Å²) in [5.41, 5.74) is 5.34. The highest BCUT2D eigenvalue weighted by atomic mass is 15.6. The van der Waals surface area contributed by atoms with Gasteiger partial charge in [-0.1, -0.05) is 30.3 Å². The fourth-order valence-corrected chi connectivity index (χ4v) is 2.07. The lowest BCUT2D eigenvalue weighted by molar-refractivity contribution is 0.759. The van der Waals surface area contributed by atoms with Crippen LogP contribution in [-0.2, 0) is 0 Å². The molecule has 1 aromatic heterocycles. The minimum Gasteiger partial charge on any atom is -0.344 e. The first-order valence-corrected chi connectivity index (χ1v) is 5.86. The largest absolute Gasteiger partial charge is 0.344 e. The van der Waals surface area contributed by atoms with Crippen molar-refractivity contribution in [3.63, 3.8) is 0 Å². The van der Waals surface area contributed by atoms with Crippen LogP contribution in [0.3, 0.4) is 0 Å². The number of nitriles is 1. The van der Waals surface area contributed by atoms with Crippen LogP contribution in [0.1, 0.15) is 17.3 Å². The maximum absolute atomic E-state index is 9.12. The van der Waals surface area contributed by atoms with Crippen molar-refractivity contribution in [1.29, 1.82) is 5.26 Å². The zero-order valence-corrected chi connectivity index (χ0v) is 10.3. The Hall–Kier alpha value is -2.81. The molecule has 3 rings (SSSR count). The van der Waals surface area contributed by atoms with Crippen LogP contribution in [0.2, 0.25) is 0 Å². The Morgan fingerprint density at radius 2 is 2.16 bits per heavy atom. The molecule has 0 amide bonds. The number of nitrogens with zero attached hydrogens (tertiary/aromatic N) is 4. The third-order valence-electron chi connectivity index (χ3n) is 2.98. The van der Waals surface area contributed by atoms with E-state index >= 15 is 0 Å². The highest BCUT2D eigenvalue weighted by Crippen LogP contribution is 2.25. The maximum atomic E-state index is 9.12. The third-order valence-corrected chi connectivity index (χ3v) is 2.98. The predicted octanol–water partition coefficient (Wildman–Crippen LogP) is 0.953. The van der Waals surface area contributed by atoms with E-state index in [0.29, 0.717) is 17.0 Å². The van der Waals surface area contributed by atoms with E-state index in [4.69, 9.17) is 5.26 Å². The normalized spacial score (nSPS) is 17.3. The van der Waals surface area contributed by atoms with Gasteiger partial charge in [0.15, 0.2) is 0 Å². The van der Waals surface area contributed by atoms with E-state index in [0.717, 1.165) is 5.56 Å². The van der Waals surface area contributed by atoms with Crippen LogP contribution in [-0.4, -0.2) is 16.7 Å². The Morgan fingerprint density at radius 1 is 1.37 bits per heavy atom. The fourth-order valence-electron chi connectivity index (χ4n) is 2.07. The summed E-state index contributed by atoms with van der Waals surface area (Å²) in [4.78, 5) is 8.22. The first-order valence-electron chi connectivity index (χ1n) is 5.86. The summed E-state index contributed by atoms with van der Waals surface area (Å²) in [7, 11) is 1.67. The summed E-state index contributed by atoms with van der Waals surface area (Å²) < 4.78 is 1.70. The number of benzene rings is 1. The third kappa shape index (κ3) is 1.81. The van der Waals surface area contributed by atoms with Crippen LogP contribution < -0.4 is 16.4 Å². The number of anilines is 1. The standard InChI is InChI=1S/C13H12N6/c1-15-13-16-8-10(7-14)12-17-11(18-19(12)13)9-5-3-2-4-6-9/h2-6,8,11,17-18H,1H3. The highest BCUT2D eigenvalue weighted by Gasteiger charge is 2.24. The van der Waals surface area contributed by atoms with Crippen LogP contribution in [0.5, 0.6) is 0 Å². The fraction of sp³-hybridized carbons (Fsp3) is 0.154. The van der Waals surface area contributed by atoms with E-state index in [1.165, 1.54) is 6.20 Å². The molecule has 1 aliphatic heterocycles. The molecule has 94 valence electrons. The molecular weight excluding hydrogens is 240 g/mol. The molecule has 1 aliphatic rings. The highest BCUT2D eigenvalue weighted by molar-refractivity contribution is 5.56. The van der Waals surface area contributed by atoms with Crippen molar-refractivity contribution in [2.24, 2.45) is 4.99 Å². The van der Waals surface area contributed by atoms with Gasteiger partial charge in [0, 0.05) is 7.05 Å². The Bertz CT molecular complexity index is 710. The second-order valence-electron chi connectivity index (χ2n) is 4.11. The van der Waals surface area contributed by atoms with Gasteiger partial charge in [-0.3, -0.25) is 10.4 Å². The van der Waals surface area contributed by atoms with E-state index in [1.54, 1.807) is 11.7 Å². The van der Waals surface area contributed by atoms with Gasteiger partial charge >= 0.3 is 0 Å². The smallest absolute Gasteiger partial charge is 0.245 e. The molecule has 6 heteroatoms. The molecule has 2 N–H and O–H groups in total. The van der Waals surface area contributed by atoms with E-state index in [2.05, 4.69) is 26.8 Å². The molecule has 0 aliphatic carbocycles. The summed E-state index contributed by atoms with van der Waals surface area (Å²) in [5.74, 6) is 0.687. The molecule has 0 fully saturated rings. The molecule has 1 aromatic carbocycles. The second kappa shape index (κ2) is 4.46. The zero-order valence-electron chi connectivity index (χ0n) is 10.3. The Morgan fingerprint density at radius 3 is 2.84 bits per heavy atom. The summed E-state index contributed by atoms with van der Waals surface area (Å²) in [5, 5.41) is 12.4. The number of rotatable bonds is 1. The van der Waals surface area contributed by atoms with Crippen molar-refractivity contribution >= 4 is 5.82 Å². The van der Waals surface area contributed by atoms with E-state index in [-0.39, 0.29) is 6.17 Å². The quantitative estimate of drug-likeness (QED) is 0.792. The lowest BCUT2D eigenvalue weighted by atomic mass is 10.2. The summed E-state index contributed by atoms with van der Waals surface area (Å²) in [6.45, 7) is 0. The Kier molecular flexibility index (Phi) is 2.65. The average molecular weight is 252 g/mol. The molecule has 0 saturated carbocycles. The summed E-state index contributed by atoms with van der Waals surface area (Å²) in [6, 6.07) is 12.1. The van der Waals surface area contributed by atoms with Crippen LogP contribution >= 0.6 is 0 Å². The van der Waals surface area contributed by atoms with Crippen molar-refractivity contribution in [2.75, 3.05) is 17.8 Å². The lowest BCUT2D eigenvalue weighted by Gasteiger charge is -2.11. The van der Waals surface area contributed by atoms with E-state index < -0.39 is 0 Å². The Labute approximate surface area is 110 Å². The Balaban J connectivity index is 2.07. The van der Waals surface area contributed by atoms with Gasteiger partial charge in [0.2, 0.25) is 5.62 Å². The van der Waals surface area contributed by atoms with Crippen molar-refractivity contribution < 1.29 is 0 Å². The average Bonchev–Trinajstić information content (AvgIpc) is 2.92. The van der Waals surface area contributed by atoms with E-state index in [1.807, 2.05) is 30.3 Å². The first-order chi connectivity index (χ1) is 9.33.